The van der Waals surface area contributed by atoms with Crippen LogP contribution in [0.3, 0.4) is 0 Å². The molecule has 0 aliphatic carbocycles. The Morgan fingerprint density at radius 1 is 1.43 bits per heavy atom. The summed E-state index contributed by atoms with van der Waals surface area (Å²) in [4.78, 5) is 0. The van der Waals surface area contributed by atoms with Gasteiger partial charge in [0.15, 0.2) is 9.84 Å². The van der Waals surface area contributed by atoms with Gasteiger partial charge in [-0.1, -0.05) is 0 Å². The SMILES string of the molecule is CCS(=O)(=O)NCC1CCCS1(=O)=O. The molecule has 1 aliphatic rings. The molecule has 1 atom stereocenters. The highest BCUT2D eigenvalue weighted by atomic mass is 32.2. The summed E-state index contributed by atoms with van der Waals surface area (Å²) in [5.41, 5.74) is 0. The van der Waals surface area contributed by atoms with Crippen molar-refractivity contribution in [3.05, 3.63) is 0 Å². The molecule has 0 aromatic rings. The monoisotopic (exact) mass is 241 g/mol. The molecule has 0 aromatic carbocycles. The quantitative estimate of drug-likeness (QED) is 0.719. The van der Waals surface area contributed by atoms with Crippen molar-refractivity contribution in [1.29, 1.82) is 0 Å². The van der Waals surface area contributed by atoms with E-state index < -0.39 is 25.1 Å². The van der Waals surface area contributed by atoms with Gasteiger partial charge >= 0.3 is 0 Å². The highest BCUT2D eigenvalue weighted by Crippen LogP contribution is 2.19. The van der Waals surface area contributed by atoms with Crippen molar-refractivity contribution in [3.63, 3.8) is 0 Å². The first-order valence-corrected chi connectivity index (χ1v) is 7.93. The van der Waals surface area contributed by atoms with E-state index in [1.54, 1.807) is 0 Å². The van der Waals surface area contributed by atoms with Crippen molar-refractivity contribution in [2.24, 2.45) is 0 Å². The van der Waals surface area contributed by atoms with Crippen LogP contribution in [-0.2, 0) is 19.9 Å². The van der Waals surface area contributed by atoms with E-state index in [2.05, 4.69) is 4.72 Å². The van der Waals surface area contributed by atoms with Crippen LogP contribution in [0.4, 0.5) is 0 Å². The zero-order valence-electron chi connectivity index (χ0n) is 8.06. The highest BCUT2D eigenvalue weighted by Gasteiger charge is 2.31. The van der Waals surface area contributed by atoms with Crippen molar-refractivity contribution >= 4 is 19.9 Å². The third-order valence-corrected chi connectivity index (χ3v) is 6.02. The van der Waals surface area contributed by atoms with Crippen LogP contribution in [0.2, 0.25) is 0 Å². The van der Waals surface area contributed by atoms with Gasteiger partial charge in [0.1, 0.15) is 0 Å². The van der Waals surface area contributed by atoms with Gasteiger partial charge in [0.2, 0.25) is 10.0 Å². The van der Waals surface area contributed by atoms with Crippen LogP contribution in [0, 0.1) is 0 Å². The second-order valence-electron chi connectivity index (χ2n) is 3.38. The van der Waals surface area contributed by atoms with Crippen LogP contribution < -0.4 is 4.72 Å². The summed E-state index contributed by atoms with van der Waals surface area (Å²) in [6.45, 7) is 1.55. The standard InChI is InChI=1S/C7H15NO4S2/c1-2-14(11,12)8-6-7-4-3-5-13(7,9)10/h7-8H,2-6H2,1H3. The fourth-order valence-corrected chi connectivity index (χ4v) is 3.94. The van der Waals surface area contributed by atoms with Crippen molar-refractivity contribution in [3.8, 4) is 0 Å². The molecule has 0 amide bonds. The van der Waals surface area contributed by atoms with Crippen LogP contribution >= 0.6 is 0 Å². The first-order valence-electron chi connectivity index (χ1n) is 4.56. The van der Waals surface area contributed by atoms with Gasteiger partial charge in [-0.25, -0.2) is 21.6 Å². The number of sulfone groups is 1. The smallest absolute Gasteiger partial charge is 0.211 e. The van der Waals surface area contributed by atoms with Crippen LogP contribution in [0.1, 0.15) is 19.8 Å². The van der Waals surface area contributed by atoms with Crippen LogP contribution in [0.25, 0.3) is 0 Å². The first kappa shape index (κ1) is 11.9. The molecule has 1 fully saturated rings. The van der Waals surface area contributed by atoms with Crippen molar-refractivity contribution in [1.82, 2.24) is 4.72 Å². The zero-order chi connectivity index (χ0) is 10.8. The third kappa shape index (κ3) is 2.93. The molecule has 1 unspecified atom stereocenters. The van der Waals surface area contributed by atoms with E-state index in [1.165, 1.54) is 6.92 Å². The number of hydrogen-bond acceptors (Lipinski definition) is 4. The molecular formula is C7H15NO4S2. The second-order valence-corrected chi connectivity index (χ2v) is 7.88. The van der Waals surface area contributed by atoms with Gasteiger partial charge in [-0.3, -0.25) is 0 Å². The summed E-state index contributed by atoms with van der Waals surface area (Å²) in [5.74, 6) is 0.172. The molecule has 0 bridgehead atoms. The Morgan fingerprint density at radius 3 is 2.50 bits per heavy atom. The first-order chi connectivity index (χ1) is 6.37. The summed E-state index contributed by atoms with van der Waals surface area (Å²) in [6.07, 6.45) is 1.20. The molecule has 0 radical (unpaired) electrons. The summed E-state index contributed by atoms with van der Waals surface area (Å²) in [7, 11) is -6.32. The third-order valence-electron chi connectivity index (χ3n) is 2.37. The maximum atomic E-state index is 11.3. The molecule has 1 N–H and O–H groups in total. The Balaban J connectivity index is 2.55. The van der Waals surface area contributed by atoms with E-state index in [0.717, 1.165) is 0 Å². The minimum Gasteiger partial charge on any atom is -0.229 e. The normalized spacial score (nSPS) is 26.5. The van der Waals surface area contributed by atoms with E-state index in [1.807, 2.05) is 0 Å². The van der Waals surface area contributed by atoms with Gasteiger partial charge in [0.25, 0.3) is 0 Å². The van der Waals surface area contributed by atoms with Crippen molar-refractivity contribution < 1.29 is 16.8 Å². The van der Waals surface area contributed by atoms with E-state index in [-0.39, 0.29) is 18.1 Å². The maximum absolute atomic E-state index is 11.3. The summed E-state index contributed by atoms with van der Waals surface area (Å²) >= 11 is 0. The van der Waals surface area contributed by atoms with Crippen molar-refractivity contribution in [2.45, 2.75) is 25.0 Å². The molecule has 1 heterocycles. The van der Waals surface area contributed by atoms with E-state index >= 15 is 0 Å². The lowest BCUT2D eigenvalue weighted by Gasteiger charge is -2.09. The minimum absolute atomic E-state index is 0.0141. The molecule has 1 saturated heterocycles. The Bertz CT molecular complexity index is 384. The molecule has 0 saturated carbocycles. The molecule has 7 heteroatoms. The van der Waals surface area contributed by atoms with Gasteiger partial charge in [-0.2, -0.15) is 0 Å². The van der Waals surface area contributed by atoms with Gasteiger partial charge in [-0.15, -0.1) is 0 Å². The Morgan fingerprint density at radius 2 is 2.07 bits per heavy atom. The molecule has 0 aromatic heterocycles. The lowest BCUT2D eigenvalue weighted by Crippen LogP contribution is -2.35. The van der Waals surface area contributed by atoms with Crippen LogP contribution in [0.15, 0.2) is 0 Å². The number of sulfonamides is 1. The average molecular weight is 241 g/mol. The Labute approximate surface area is 84.9 Å². The summed E-state index contributed by atoms with van der Waals surface area (Å²) in [5, 5.41) is -0.524. The maximum Gasteiger partial charge on any atom is 0.211 e. The van der Waals surface area contributed by atoms with E-state index in [9.17, 15) is 16.8 Å². The topological polar surface area (TPSA) is 80.3 Å². The summed E-state index contributed by atoms with van der Waals surface area (Å²) in [6, 6.07) is 0. The largest absolute Gasteiger partial charge is 0.229 e. The lowest BCUT2D eigenvalue weighted by atomic mass is 10.2. The highest BCUT2D eigenvalue weighted by molar-refractivity contribution is 7.92. The number of nitrogens with one attached hydrogen (secondary N) is 1. The molecular weight excluding hydrogens is 226 g/mol. The molecule has 0 spiro atoms. The van der Waals surface area contributed by atoms with Gasteiger partial charge in [0, 0.05) is 6.54 Å². The van der Waals surface area contributed by atoms with Crippen LogP contribution in [0.5, 0.6) is 0 Å². The van der Waals surface area contributed by atoms with Crippen molar-refractivity contribution in [2.75, 3.05) is 18.1 Å². The average Bonchev–Trinajstić information content (AvgIpc) is 2.42. The van der Waals surface area contributed by atoms with Crippen LogP contribution in [-0.4, -0.2) is 40.1 Å². The van der Waals surface area contributed by atoms with E-state index in [4.69, 9.17) is 0 Å². The lowest BCUT2D eigenvalue weighted by molar-refractivity contribution is 0.572. The van der Waals surface area contributed by atoms with Gasteiger partial charge < -0.3 is 0 Å². The molecule has 1 rings (SSSR count). The number of hydrogen-bond donors (Lipinski definition) is 1. The second kappa shape index (κ2) is 4.16. The summed E-state index contributed by atoms with van der Waals surface area (Å²) < 4.78 is 47.1. The molecule has 5 nitrogen and oxygen atoms in total. The predicted molar refractivity (Wildman–Crippen MR) is 54.3 cm³/mol. The Hall–Kier alpha value is -0.140. The predicted octanol–water partition coefficient (Wildman–Crippen LogP) is -0.497. The molecule has 14 heavy (non-hydrogen) atoms. The fraction of sp³-hybridized carbons (Fsp3) is 1.00. The number of rotatable bonds is 4. The zero-order valence-corrected chi connectivity index (χ0v) is 9.70. The fourth-order valence-electron chi connectivity index (χ4n) is 1.41. The van der Waals surface area contributed by atoms with Gasteiger partial charge in [-0.05, 0) is 19.8 Å². The minimum atomic E-state index is -3.27. The Kier molecular flexibility index (Phi) is 3.54. The van der Waals surface area contributed by atoms with E-state index in [0.29, 0.717) is 12.8 Å². The molecule has 84 valence electrons. The van der Waals surface area contributed by atoms with Gasteiger partial charge in [0.05, 0.1) is 16.8 Å². The molecule has 1 aliphatic heterocycles.